The highest BCUT2D eigenvalue weighted by molar-refractivity contribution is 14.1. The first-order chi connectivity index (χ1) is 8.99. The van der Waals surface area contributed by atoms with Crippen LogP contribution in [0.4, 0.5) is 0 Å². The van der Waals surface area contributed by atoms with Crippen LogP contribution in [0.5, 0.6) is 0 Å². The average Bonchev–Trinajstić information content (AvgIpc) is 2.40. The van der Waals surface area contributed by atoms with Crippen LogP contribution in [0.2, 0.25) is 0 Å². The molecule has 2 atom stereocenters. The van der Waals surface area contributed by atoms with E-state index in [0.29, 0.717) is 12.8 Å². The van der Waals surface area contributed by atoms with Crippen molar-refractivity contribution in [1.29, 1.82) is 0 Å². The SMILES string of the molecule is CC(NC1CCC(=O)N(C)C1=O)c1ccc(I)cc1. The van der Waals surface area contributed by atoms with Crippen molar-refractivity contribution in [2.24, 2.45) is 0 Å². The summed E-state index contributed by atoms with van der Waals surface area (Å²) in [6.45, 7) is 2.03. The van der Waals surface area contributed by atoms with Crippen molar-refractivity contribution in [3.05, 3.63) is 33.4 Å². The van der Waals surface area contributed by atoms with E-state index in [1.54, 1.807) is 7.05 Å². The quantitative estimate of drug-likeness (QED) is 0.653. The molecule has 1 aliphatic rings. The van der Waals surface area contributed by atoms with Gasteiger partial charge in [0, 0.05) is 23.1 Å². The Kier molecular flexibility index (Phi) is 4.57. The van der Waals surface area contributed by atoms with Crippen molar-refractivity contribution in [2.75, 3.05) is 7.05 Å². The van der Waals surface area contributed by atoms with Gasteiger partial charge >= 0.3 is 0 Å². The van der Waals surface area contributed by atoms with Gasteiger partial charge in [-0.1, -0.05) is 12.1 Å². The van der Waals surface area contributed by atoms with Gasteiger partial charge in [0.25, 0.3) is 0 Å². The first-order valence-corrected chi connectivity index (χ1v) is 7.39. The number of nitrogens with zero attached hydrogens (tertiary/aromatic N) is 1. The lowest BCUT2D eigenvalue weighted by atomic mass is 10.0. The Morgan fingerprint density at radius 1 is 1.32 bits per heavy atom. The molecule has 0 radical (unpaired) electrons. The van der Waals surface area contributed by atoms with Crippen molar-refractivity contribution >= 4 is 34.4 Å². The molecule has 1 saturated heterocycles. The Morgan fingerprint density at radius 3 is 2.58 bits per heavy atom. The molecule has 0 spiro atoms. The number of piperidine rings is 1. The van der Waals surface area contributed by atoms with Crippen molar-refractivity contribution in [3.63, 3.8) is 0 Å². The predicted octanol–water partition coefficient (Wildman–Crippen LogP) is 2.09. The van der Waals surface area contributed by atoms with Gasteiger partial charge in [-0.25, -0.2) is 0 Å². The molecule has 0 saturated carbocycles. The van der Waals surface area contributed by atoms with Crippen molar-refractivity contribution in [1.82, 2.24) is 10.2 Å². The van der Waals surface area contributed by atoms with E-state index in [9.17, 15) is 9.59 Å². The van der Waals surface area contributed by atoms with Crippen LogP contribution in [0.1, 0.15) is 31.4 Å². The number of benzene rings is 1. The zero-order valence-corrected chi connectivity index (χ0v) is 13.2. The van der Waals surface area contributed by atoms with Crippen molar-refractivity contribution in [2.45, 2.75) is 31.8 Å². The van der Waals surface area contributed by atoms with Crippen LogP contribution >= 0.6 is 22.6 Å². The fourth-order valence-corrected chi connectivity index (χ4v) is 2.58. The molecular formula is C14H17IN2O2. The lowest BCUT2D eigenvalue weighted by Crippen LogP contribution is -2.51. The molecule has 0 bridgehead atoms. The van der Waals surface area contributed by atoms with E-state index in [1.807, 2.05) is 19.1 Å². The highest BCUT2D eigenvalue weighted by atomic mass is 127. The lowest BCUT2D eigenvalue weighted by molar-refractivity contribution is -0.148. The molecule has 1 heterocycles. The van der Waals surface area contributed by atoms with E-state index in [0.717, 1.165) is 5.56 Å². The number of amides is 2. The van der Waals surface area contributed by atoms with Crippen LogP contribution in [0.3, 0.4) is 0 Å². The highest BCUT2D eigenvalue weighted by Gasteiger charge is 2.32. The Hall–Kier alpha value is -0.950. The molecule has 5 heteroatoms. The van der Waals surface area contributed by atoms with Crippen LogP contribution in [-0.4, -0.2) is 29.8 Å². The number of likely N-dealkylation sites (tertiary alicyclic amines) is 1. The summed E-state index contributed by atoms with van der Waals surface area (Å²) < 4.78 is 1.19. The number of hydrogen-bond donors (Lipinski definition) is 1. The summed E-state index contributed by atoms with van der Waals surface area (Å²) in [7, 11) is 1.55. The maximum absolute atomic E-state index is 12.0. The fraction of sp³-hybridized carbons (Fsp3) is 0.429. The minimum absolute atomic E-state index is 0.0903. The normalized spacial score (nSPS) is 21.6. The van der Waals surface area contributed by atoms with E-state index in [4.69, 9.17) is 0 Å². The van der Waals surface area contributed by atoms with Gasteiger partial charge in [-0.3, -0.25) is 19.8 Å². The second-order valence-electron chi connectivity index (χ2n) is 4.82. The van der Waals surface area contributed by atoms with E-state index < -0.39 is 0 Å². The number of carbonyl (C=O) groups is 2. The molecule has 1 aromatic rings. The van der Waals surface area contributed by atoms with Gasteiger partial charge in [0.05, 0.1) is 6.04 Å². The smallest absolute Gasteiger partial charge is 0.246 e. The minimum Gasteiger partial charge on any atom is -0.299 e. The van der Waals surface area contributed by atoms with Crippen LogP contribution in [0.15, 0.2) is 24.3 Å². The maximum Gasteiger partial charge on any atom is 0.246 e. The number of rotatable bonds is 3. The van der Waals surface area contributed by atoms with Crippen LogP contribution < -0.4 is 5.32 Å². The fourth-order valence-electron chi connectivity index (χ4n) is 2.22. The van der Waals surface area contributed by atoms with E-state index in [-0.39, 0.29) is 23.9 Å². The topological polar surface area (TPSA) is 49.4 Å². The molecule has 0 aromatic heterocycles. The Bertz CT molecular complexity index is 487. The number of nitrogens with one attached hydrogen (secondary N) is 1. The molecular weight excluding hydrogens is 355 g/mol. The Balaban J connectivity index is 2.02. The second kappa shape index (κ2) is 6.00. The molecule has 2 amide bonds. The first-order valence-electron chi connectivity index (χ1n) is 6.31. The number of halogens is 1. The third-order valence-electron chi connectivity index (χ3n) is 3.47. The molecule has 1 aromatic carbocycles. The largest absolute Gasteiger partial charge is 0.299 e. The number of hydrogen-bond acceptors (Lipinski definition) is 3. The second-order valence-corrected chi connectivity index (χ2v) is 6.07. The van der Waals surface area contributed by atoms with Crippen LogP contribution in [0, 0.1) is 3.57 Å². The molecule has 1 fully saturated rings. The molecule has 1 N–H and O–H groups in total. The number of carbonyl (C=O) groups excluding carboxylic acids is 2. The van der Waals surface area contributed by atoms with E-state index >= 15 is 0 Å². The summed E-state index contributed by atoms with van der Waals surface area (Å²) in [5, 5.41) is 3.31. The average molecular weight is 372 g/mol. The lowest BCUT2D eigenvalue weighted by Gasteiger charge is -2.30. The third-order valence-corrected chi connectivity index (χ3v) is 4.19. The van der Waals surface area contributed by atoms with Crippen molar-refractivity contribution < 1.29 is 9.59 Å². The summed E-state index contributed by atoms with van der Waals surface area (Å²) in [5.74, 6) is -0.224. The zero-order chi connectivity index (χ0) is 14.0. The van der Waals surface area contributed by atoms with Gasteiger partial charge in [0.2, 0.25) is 11.8 Å². The standard InChI is InChI=1S/C14H17IN2O2/c1-9(10-3-5-11(15)6-4-10)16-12-7-8-13(18)17(2)14(12)19/h3-6,9,12,16H,7-8H2,1-2H3. The Morgan fingerprint density at radius 2 is 1.95 bits per heavy atom. The summed E-state index contributed by atoms with van der Waals surface area (Å²) >= 11 is 2.26. The summed E-state index contributed by atoms with van der Waals surface area (Å²) in [4.78, 5) is 24.6. The van der Waals surface area contributed by atoms with E-state index in [1.165, 1.54) is 8.47 Å². The van der Waals surface area contributed by atoms with Gasteiger partial charge in [-0.05, 0) is 53.6 Å². The van der Waals surface area contributed by atoms with Gasteiger partial charge in [0.1, 0.15) is 0 Å². The van der Waals surface area contributed by atoms with Crippen molar-refractivity contribution in [3.8, 4) is 0 Å². The zero-order valence-electron chi connectivity index (χ0n) is 11.0. The highest BCUT2D eigenvalue weighted by Crippen LogP contribution is 2.18. The molecule has 19 heavy (non-hydrogen) atoms. The predicted molar refractivity (Wildman–Crippen MR) is 81.5 cm³/mol. The van der Waals surface area contributed by atoms with Crippen LogP contribution in [-0.2, 0) is 9.59 Å². The third kappa shape index (κ3) is 3.33. The molecule has 4 nitrogen and oxygen atoms in total. The van der Waals surface area contributed by atoms with Gasteiger partial charge < -0.3 is 0 Å². The van der Waals surface area contributed by atoms with Gasteiger partial charge in [-0.2, -0.15) is 0 Å². The molecule has 0 aliphatic carbocycles. The number of likely N-dealkylation sites (N-methyl/N-ethyl adjacent to an activating group) is 1. The number of imide groups is 1. The summed E-state index contributed by atoms with van der Waals surface area (Å²) in [5.41, 5.74) is 1.15. The summed E-state index contributed by atoms with van der Waals surface area (Å²) in [6, 6.07) is 8.03. The van der Waals surface area contributed by atoms with Gasteiger partial charge in [-0.15, -0.1) is 0 Å². The minimum atomic E-state index is -0.267. The molecule has 2 unspecified atom stereocenters. The van der Waals surface area contributed by atoms with Gasteiger partial charge in [0.15, 0.2) is 0 Å². The summed E-state index contributed by atoms with van der Waals surface area (Å²) in [6.07, 6.45) is 1.01. The maximum atomic E-state index is 12.0. The molecule has 102 valence electrons. The first kappa shape index (κ1) is 14.5. The Labute approximate surface area is 126 Å². The van der Waals surface area contributed by atoms with Crippen LogP contribution in [0.25, 0.3) is 0 Å². The molecule has 1 aliphatic heterocycles. The molecule has 2 rings (SSSR count). The monoisotopic (exact) mass is 372 g/mol. The van der Waals surface area contributed by atoms with E-state index in [2.05, 4.69) is 40.0 Å².